The number of nitrogens with one attached hydrogen (secondary N) is 2. The van der Waals surface area contributed by atoms with E-state index in [0.29, 0.717) is 23.3 Å². The molecule has 2 unspecified atom stereocenters. The summed E-state index contributed by atoms with van der Waals surface area (Å²) in [4.78, 5) is 40.7. The number of thioether (sulfide) groups is 1. The molecule has 1 fully saturated rings. The molecular weight excluding hydrogens is 484 g/mol. The number of hydrogen-bond acceptors (Lipinski definition) is 10. The van der Waals surface area contributed by atoms with Gasteiger partial charge in [-0.1, -0.05) is 23.9 Å². The summed E-state index contributed by atoms with van der Waals surface area (Å²) in [7, 11) is 3.06. The molecule has 4 rings (SSSR count). The molecule has 3 heterocycles. The van der Waals surface area contributed by atoms with E-state index in [4.69, 9.17) is 19.2 Å². The Kier molecular flexibility index (Phi) is 7.53. The molecule has 2 N–H and O–H groups in total. The summed E-state index contributed by atoms with van der Waals surface area (Å²) in [5, 5.41) is 6.25. The average molecular weight is 515 g/mol. The minimum Gasteiger partial charge on any atom is -0.481 e. The van der Waals surface area contributed by atoms with Crippen molar-refractivity contribution in [1.82, 2.24) is 15.3 Å². The van der Waals surface area contributed by atoms with Crippen LogP contribution in [0.2, 0.25) is 0 Å². The van der Waals surface area contributed by atoms with Gasteiger partial charge >= 0.3 is 18.0 Å². The Balaban J connectivity index is 1.37. The maximum absolute atomic E-state index is 12.7. The smallest absolute Gasteiger partial charge is 0.340 e. The topological polar surface area (TPSA) is 127 Å². The van der Waals surface area contributed by atoms with Crippen LogP contribution in [0.4, 0.5) is 16.3 Å². The van der Waals surface area contributed by atoms with Gasteiger partial charge in [0.15, 0.2) is 5.17 Å². The lowest BCUT2D eigenvalue weighted by atomic mass is 10.1. The number of carbonyl (C=O) groups is 2. The first kappa shape index (κ1) is 25.5. The van der Waals surface area contributed by atoms with E-state index in [1.807, 2.05) is 0 Å². The van der Waals surface area contributed by atoms with Crippen LogP contribution in [0.15, 0.2) is 35.3 Å². The molecule has 1 saturated heterocycles. The van der Waals surface area contributed by atoms with Crippen molar-refractivity contribution in [3.05, 3.63) is 35.9 Å². The number of aromatic nitrogens is 2. The van der Waals surface area contributed by atoms with Crippen LogP contribution in [0.25, 0.3) is 0 Å². The summed E-state index contributed by atoms with van der Waals surface area (Å²) < 4.78 is 15.9. The zero-order chi connectivity index (χ0) is 25.9. The number of carbonyl (C=O) groups excluding carboxylic acids is 2. The first-order valence-corrected chi connectivity index (χ1v) is 12.4. The van der Waals surface area contributed by atoms with Gasteiger partial charge in [-0.2, -0.15) is 9.97 Å². The van der Waals surface area contributed by atoms with E-state index < -0.39 is 17.6 Å². The summed E-state index contributed by atoms with van der Waals surface area (Å²) in [5.41, 5.74) is 0.000149. The van der Waals surface area contributed by atoms with Crippen molar-refractivity contribution < 1.29 is 23.8 Å². The van der Waals surface area contributed by atoms with Crippen LogP contribution >= 0.6 is 11.8 Å². The van der Waals surface area contributed by atoms with Crippen LogP contribution in [0.5, 0.6) is 11.9 Å². The van der Waals surface area contributed by atoms with Crippen molar-refractivity contribution in [2.75, 3.05) is 37.5 Å². The average Bonchev–Trinajstić information content (AvgIpc) is 3.24. The second-order valence-corrected chi connectivity index (χ2v) is 10.5. The number of para-hydroxylation sites is 1. The SMILES string of the molecule is COc1cc(N2CCC3N=C(NC(=O)Nc4ccccc4C(=O)OC(C)(C)C)SC3C2)nc(OC)n1. The number of nitrogens with zero attached hydrogens (tertiary/aromatic N) is 4. The van der Waals surface area contributed by atoms with Gasteiger partial charge in [-0.3, -0.25) is 10.3 Å². The predicted octanol–water partition coefficient (Wildman–Crippen LogP) is 3.32. The Hall–Kier alpha value is -3.54. The van der Waals surface area contributed by atoms with E-state index in [0.717, 1.165) is 18.8 Å². The number of aliphatic imine (C=N–C) groups is 1. The molecule has 192 valence electrons. The lowest BCUT2D eigenvalue weighted by Gasteiger charge is -2.34. The monoisotopic (exact) mass is 514 g/mol. The molecule has 0 aliphatic carbocycles. The molecule has 2 atom stereocenters. The standard InChI is InChI=1S/C24H30N6O5S/c1-24(2,3)35-20(31)14-8-6-7-9-15(14)25-21(32)29-23-26-16-10-11-30(13-17(16)36-23)18-12-19(33-4)28-22(27-18)34-5/h6-9,12,16-17H,10-11,13H2,1-5H3,(H2,25,26,29,32). The van der Waals surface area contributed by atoms with E-state index in [2.05, 4.69) is 25.5 Å². The molecule has 2 aliphatic rings. The second kappa shape index (κ2) is 10.6. The Morgan fingerprint density at radius 1 is 1.11 bits per heavy atom. The summed E-state index contributed by atoms with van der Waals surface area (Å²) in [6.07, 6.45) is 0.806. The third-order valence-corrected chi connectivity index (χ3v) is 6.67. The van der Waals surface area contributed by atoms with E-state index >= 15 is 0 Å². The fraction of sp³-hybridized carbons (Fsp3) is 0.458. The molecule has 1 aromatic heterocycles. The molecule has 2 aliphatic heterocycles. The highest BCUT2D eigenvalue weighted by Crippen LogP contribution is 2.34. The van der Waals surface area contributed by atoms with E-state index in [1.54, 1.807) is 58.2 Å². The van der Waals surface area contributed by atoms with Crippen LogP contribution in [0, 0.1) is 0 Å². The third kappa shape index (κ3) is 6.17. The van der Waals surface area contributed by atoms with Crippen molar-refractivity contribution in [2.45, 2.75) is 44.1 Å². The number of hydrogen-bond donors (Lipinski definition) is 2. The Bertz CT molecular complexity index is 1150. The van der Waals surface area contributed by atoms with Gasteiger partial charge in [-0.05, 0) is 39.3 Å². The lowest BCUT2D eigenvalue weighted by Crippen LogP contribution is -2.43. The van der Waals surface area contributed by atoms with Gasteiger partial charge in [0.25, 0.3) is 0 Å². The second-order valence-electron chi connectivity index (χ2n) is 9.27. The number of methoxy groups -OCH3 is 2. The number of esters is 1. The lowest BCUT2D eigenvalue weighted by molar-refractivity contribution is 0.00707. The molecule has 11 nitrogen and oxygen atoms in total. The summed E-state index contributed by atoms with van der Waals surface area (Å²) >= 11 is 1.51. The molecule has 1 aromatic carbocycles. The quantitative estimate of drug-likeness (QED) is 0.578. The van der Waals surface area contributed by atoms with E-state index in [1.165, 1.54) is 18.9 Å². The van der Waals surface area contributed by atoms with Crippen LogP contribution in [0.3, 0.4) is 0 Å². The van der Waals surface area contributed by atoms with E-state index in [-0.39, 0.29) is 22.9 Å². The molecular formula is C24H30N6O5S. The number of ether oxygens (including phenoxy) is 3. The number of piperidine rings is 1. The zero-order valence-electron chi connectivity index (χ0n) is 20.9. The largest absolute Gasteiger partial charge is 0.481 e. The van der Waals surface area contributed by atoms with Crippen molar-refractivity contribution in [2.24, 2.45) is 4.99 Å². The van der Waals surface area contributed by atoms with Crippen LogP contribution in [0.1, 0.15) is 37.6 Å². The van der Waals surface area contributed by atoms with Gasteiger partial charge in [0.2, 0.25) is 5.88 Å². The van der Waals surface area contributed by atoms with Gasteiger partial charge in [0.1, 0.15) is 11.4 Å². The first-order valence-electron chi connectivity index (χ1n) is 11.5. The molecule has 2 amide bonds. The molecule has 0 bridgehead atoms. The highest BCUT2D eigenvalue weighted by Gasteiger charge is 2.37. The number of rotatable bonds is 5. The maximum atomic E-state index is 12.7. The van der Waals surface area contributed by atoms with Crippen LogP contribution < -0.4 is 25.0 Å². The number of amides is 2. The fourth-order valence-corrected chi connectivity index (χ4v) is 5.11. The summed E-state index contributed by atoms with van der Waals surface area (Å²) in [6, 6.07) is 8.37. The maximum Gasteiger partial charge on any atom is 0.340 e. The van der Waals surface area contributed by atoms with Gasteiger partial charge in [-0.25, -0.2) is 9.59 Å². The van der Waals surface area contributed by atoms with Crippen molar-refractivity contribution in [3.8, 4) is 11.9 Å². The molecule has 0 saturated carbocycles. The van der Waals surface area contributed by atoms with E-state index in [9.17, 15) is 9.59 Å². The van der Waals surface area contributed by atoms with Crippen LogP contribution in [-0.2, 0) is 4.74 Å². The summed E-state index contributed by atoms with van der Waals surface area (Å²) in [6.45, 7) is 6.82. The van der Waals surface area contributed by atoms with Gasteiger partial charge in [0.05, 0.1) is 36.8 Å². The van der Waals surface area contributed by atoms with Gasteiger partial charge in [0, 0.05) is 19.2 Å². The molecule has 2 aromatic rings. The number of amidine groups is 1. The number of fused-ring (bicyclic) bond motifs is 1. The number of benzene rings is 1. The highest BCUT2D eigenvalue weighted by molar-refractivity contribution is 8.14. The minimum atomic E-state index is -0.645. The van der Waals surface area contributed by atoms with Crippen molar-refractivity contribution in [1.29, 1.82) is 0 Å². The normalized spacial score (nSPS) is 19.1. The van der Waals surface area contributed by atoms with Crippen molar-refractivity contribution in [3.63, 3.8) is 0 Å². The number of anilines is 2. The third-order valence-electron chi connectivity index (χ3n) is 5.47. The van der Waals surface area contributed by atoms with Gasteiger partial charge < -0.3 is 24.4 Å². The highest BCUT2D eigenvalue weighted by atomic mass is 32.2. The fourth-order valence-electron chi connectivity index (χ4n) is 3.87. The van der Waals surface area contributed by atoms with Crippen molar-refractivity contribution >= 4 is 40.4 Å². The Morgan fingerprint density at radius 2 is 1.89 bits per heavy atom. The Labute approximate surface area is 214 Å². The predicted molar refractivity (Wildman–Crippen MR) is 138 cm³/mol. The minimum absolute atomic E-state index is 0.0845. The van der Waals surface area contributed by atoms with Crippen LogP contribution in [-0.4, -0.2) is 71.3 Å². The molecule has 0 spiro atoms. The van der Waals surface area contributed by atoms with Gasteiger partial charge in [-0.15, -0.1) is 0 Å². The molecule has 0 radical (unpaired) electrons. The number of urea groups is 1. The Morgan fingerprint density at radius 3 is 2.61 bits per heavy atom. The summed E-state index contributed by atoms with van der Waals surface area (Å²) in [5.74, 6) is 0.644. The zero-order valence-corrected chi connectivity index (χ0v) is 21.7. The molecule has 36 heavy (non-hydrogen) atoms. The molecule has 12 heteroatoms. The first-order chi connectivity index (χ1) is 17.1.